The number of nitrogens with zero attached hydrogens (tertiary/aromatic N) is 5. The van der Waals surface area contributed by atoms with Crippen molar-refractivity contribution in [1.82, 2.24) is 19.7 Å². The molecule has 0 spiro atoms. The second-order valence-electron chi connectivity index (χ2n) is 5.14. The number of benzene rings is 1. The van der Waals surface area contributed by atoms with Crippen LogP contribution in [0.25, 0.3) is 16.3 Å². The number of hydrogen-bond acceptors (Lipinski definition) is 7. The van der Waals surface area contributed by atoms with Crippen LogP contribution in [0.3, 0.4) is 0 Å². The van der Waals surface area contributed by atoms with E-state index in [9.17, 15) is 4.79 Å². The van der Waals surface area contributed by atoms with Crippen LogP contribution in [0.4, 0.5) is 5.13 Å². The lowest BCUT2D eigenvalue weighted by Crippen LogP contribution is -2.10. The average Bonchev–Trinajstić information content (AvgIpc) is 3.41. The predicted molar refractivity (Wildman–Crippen MR) is 93.8 cm³/mol. The van der Waals surface area contributed by atoms with Crippen LogP contribution in [0.5, 0.6) is 0 Å². The second kappa shape index (κ2) is 6.62. The van der Waals surface area contributed by atoms with Crippen molar-refractivity contribution in [3.8, 4) is 22.3 Å². The van der Waals surface area contributed by atoms with Crippen LogP contribution in [0, 0.1) is 11.3 Å². The maximum absolute atomic E-state index is 12.2. The Kier molecular flexibility index (Phi) is 4.01. The molecule has 0 unspecified atom stereocenters. The molecule has 0 aliphatic carbocycles. The summed E-state index contributed by atoms with van der Waals surface area (Å²) >= 11 is 1.24. The molecule has 0 radical (unpaired) electrons. The van der Waals surface area contributed by atoms with Gasteiger partial charge in [-0.05, 0) is 24.3 Å². The smallest absolute Gasteiger partial charge is 0.293 e. The fraction of sp³-hybridized carbons (Fsp3) is 0. The molecule has 9 heteroatoms. The van der Waals surface area contributed by atoms with Gasteiger partial charge in [0.05, 0.1) is 17.9 Å². The number of carbonyl (C=O) groups is 1. The van der Waals surface area contributed by atoms with Crippen molar-refractivity contribution in [3.05, 3.63) is 66.6 Å². The van der Waals surface area contributed by atoms with Gasteiger partial charge in [-0.1, -0.05) is 23.5 Å². The molecule has 0 fully saturated rings. The second-order valence-corrected chi connectivity index (χ2v) is 6.11. The quantitative estimate of drug-likeness (QED) is 0.597. The number of anilines is 1. The number of furan rings is 1. The van der Waals surface area contributed by atoms with Gasteiger partial charge in [-0.25, -0.2) is 14.6 Å². The van der Waals surface area contributed by atoms with Crippen LogP contribution in [0.2, 0.25) is 0 Å². The molecule has 0 aliphatic rings. The van der Waals surface area contributed by atoms with E-state index in [1.165, 1.54) is 23.9 Å². The van der Waals surface area contributed by atoms with Crippen LogP contribution in [0.15, 0.2) is 59.7 Å². The minimum atomic E-state index is -0.397. The monoisotopic (exact) mass is 362 g/mol. The molecule has 26 heavy (non-hydrogen) atoms. The number of hydrogen-bond donors (Lipinski definition) is 1. The van der Waals surface area contributed by atoms with Gasteiger partial charge in [-0.3, -0.25) is 10.1 Å². The lowest BCUT2D eigenvalue weighted by Gasteiger charge is -2.01. The lowest BCUT2D eigenvalue weighted by atomic mass is 10.1. The molecule has 4 aromatic rings. The Morgan fingerprint density at radius 3 is 2.96 bits per heavy atom. The fourth-order valence-corrected chi connectivity index (χ4v) is 3.24. The standard InChI is InChI=1S/C17H10N6O2S/c18-8-11-3-1-4-12(7-11)14-16(23-10-19-9-20-23)26-17(21-14)22-15(24)13-5-2-6-25-13/h1-7,9-10H,(H,21,22,24). The van der Waals surface area contributed by atoms with Gasteiger partial charge in [0.15, 0.2) is 10.9 Å². The van der Waals surface area contributed by atoms with Crippen molar-refractivity contribution in [1.29, 1.82) is 5.26 Å². The predicted octanol–water partition coefficient (Wildman–Crippen LogP) is 3.11. The van der Waals surface area contributed by atoms with Crippen LogP contribution >= 0.6 is 11.3 Å². The number of rotatable bonds is 4. The Balaban J connectivity index is 1.76. The van der Waals surface area contributed by atoms with Crippen molar-refractivity contribution >= 4 is 22.4 Å². The van der Waals surface area contributed by atoms with Crippen LogP contribution < -0.4 is 5.32 Å². The molecule has 0 bridgehead atoms. The summed E-state index contributed by atoms with van der Waals surface area (Å²) < 4.78 is 6.66. The first-order chi connectivity index (χ1) is 12.7. The van der Waals surface area contributed by atoms with E-state index in [-0.39, 0.29) is 5.76 Å². The molecule has 126 valence electrons. The topological polar surface area (TPSA) is 110 Å². The summed E-state index contributed by atoms with van der Waals surface area (Å²) in [6, 6.07) is 12.4. The Morgan fingerprint density at radius 2 is 2.23 bits per heavy atom. The van der Waals surface area contributed by atoms with Gasteiger partial charge in [0.2, 0.25) is 0 Å². The molecule has 0 saturated heterocycles. The fourth-order valence-electron chi connectivity index (χ4n) is 2.32. The maximum Gasteiger partial charge on any atom is 0.293 e. The minimum Gasteiger partial charge on any atom is -0.459 e. The van der Waals surface area contributed by atoms with Crippen molar-refractivity contribution in [3.63, 3.8) is 0 Å². The summed E-state index contributed by atoms with van der Waals surface area (Å²) in [5.41, 5.74) is 1.85. The highest BCUT2D eigenvalue weighted by Gasteiger charge is 2.18. The highest BCUT2D eigenvalue weighted by atomic mass is 32.1. The zero-order chi connectivity index (χ0) is 17.9. The molecular formula is C17H10N6O2S. The van der Waals surface area contributed by atoms with Gasteiger partial charge >= 0.3 is 0 Å². The van der Waals surface area contributed by atoms with Gasteiger partial charge in [0.25, 0.3) is 5.91 Å². The summed E-state index contributed by atoms with van der Waals surface area (Å²) in [4.78, 5) is 20.7. The van der Waals surface area contributed by atoms with E-state index in [1.54, 1.807) is 41.3 Å². The Hall–Kier alpha value is -3.77. The Bertz CT molecular complexity index is 1090. The number of thiazole rings is 1. The van der Waals surface area contributed by atoms with Crippen LogP contribution in [-0.4, -0.2) is 25.7 Å². The average molecular weight is 362 g/mol. The highest BCUT2D eigenvalue weighted by molar-refractivity contribution is 7.18. The zero-order valence-electron chi connectivity index (χ0n) is 13.2. The van der Waals surface area contributed by atoms with Crippen LogP contribution in [-0.2, 0) is 0 Å². The summed E-state index contributed by atoms with van der Waals surface area (Å²) in [5.74, 6) is -0.207. The number of nitriles is 1. The van der Waals surface area contributed by atoms with Gasteiger partial charge in [-0.2, -0.15) is 10.4 Å². The van der Waals surface area contributed by atoms with Gasteiger partial charge in [-0.15, -0.1) is 0 Å². The number of carbonyl (C=O) groups excluding carboxylic acids is 1. The molecule has 0 saturated carbocycles. The third-order valence-electron chi connectivity index (χ3n) is 3.47. The molecule has 8 nitrogen and oxygen atoms in total. The molecule has 3 heterocycles. The third-order valence-corrected chi connectivity index (χ3v) is 4.43. The normalized spacial score (nSPS) is 10.4. The summed E-state index contributed by atoms with van der Waals surface area (Å²) in [6.07, 6.45) is 4.38. The van der Waals surface area contributed by atoms with Gasteiger partial charge in [0, 0.05) is 5.56 Å². The molecule has 0 atom stereocenters. The maximum atomic E-state index is 12.2. The van der Waals surface area contributed by atoms with Gasteiger partial charge < -0.3 is 4.42 Å². The first-order valence-corrected chi connectivity index (χ1v) is 8.27. The first-order valence-electron chi connectivity index (χ1n) is 7.46. The zero-order valence-corrected chi connectivity index (χ0v) is 14.0. The first kappa shape index (κ1) is 15.7. The molecular weight excluding hydrogens is 352 g/mol. The third kappa shape index (κ3) is 2.97. The van der Waals surface area contributed by atoms with E-state index in [0.29, 0.717) is 21.4 Å². The van der Waals surface area contributed by atoms with Gasteiger partial charge in [0.1, 0.15) is 23.3 Å². The van der Waals surface area contributed by atoms with E-state index >= 15 is 0 Å². The Morgan fingerprint density at radius 1 is 1.31 bits per heavy atom. The molecule has 1 aromatic carbocycles. The molecule has 3 aromatic heterocycles. The van der Waals surface area contributed by atoms with E-state index in [2.05, 4.69) is 26.5 Å². The SMILES string of the molecule is N#Cc1cccc(-c2nc(NC(=O)c3ccco3)sc2-n2cncn2)c1. The van der Waals surface area contributed by atoms with E-state index < -0.39 is 5.91 Å². The lowest BCUT2D eigenvalue weighted by molar-refractivity contribution is 0.0996. The van der Waals surface area contributed by atoms with Crippen LogP contribution in [0.1, 0.15) is 16.1 Å². The summed E-state index contributed by atoms with van der Waals surface area (Å²) in [6.45, 7) is 0. The molecule has 4 rings (SSSR count). The highest BCUT2D eigenvalue weighted by Crippen LogP contribution is 2.34. The van der Waals surface area contributed by atoms with Crippen molar-refractivity contribution < 1.29 is 9.21 Å². The number of nitrogens with one attached hydrogen (secondary N) is 1. The van der Waals surface area contributed by atoms with Crippen molar-refractivity contribution in [2.75, 3.05) is 5.32 Å². The number of amides is 1. The van der Waals surface area contributed by atoms with E-state index in [4.69, 9.17) is 9.68 Å². The summed E-state index contributed by atoms with van der Waals surface area (Å²) in [7, 11) is 0. The minimum absolute atomic E-state index is 0.190. The number of aromatic nitrogens is 4. The van der Waals surface area contributed by atoms with Crippen molar-refractivity contribution in [2.24, 2.45) is 0 Å². The molecule has 1 amide bonds. The van der Waals surface area contributed by atoms with E-state index in [1.807, 2.05) is 6.07 Å². The largest absolute Gasteiger partial charge is 0.459 e. The summed E-state index contributed by atoms with van der Waals surface area (Å²) in [5, 5.41) is 17.0. The Labute approximate surface area is 151 Å². The van der Waals surface area contributed by atoms with E-state index in [0.717, 1.165) is 5.56 Å². The molecule has 1 N–H and O–H groups in total. The molecule has 0 aliphatic heterocycles. The van der Waals surface area contributed by atoms with Crippen molar-refractivity contribution in [2.45, 2.75) is 0 Å².